The Morgan fingerprint density at radius 2 is 2.50 bits per heavy atom. The van der Waals surface area contributed by atoms with Crippen LogP contribution in [0.1, 0.15) is 19.8 Å². The predicted octanol–water partition coefficient (Wildman–Crippen LogP) is 1.57. The number of pyridine rings is 1. The molecule has 2 rings (SSSR count). The molecule has 0 aliphatic carbocycles. The summed E-state index contributed by atoms with van der Waals surface area (Å²) in [6.45, 7) is 4.78. The van der Waals surface area contributed by atoms with Crippen LogP contribution in [0.25, 0.3) is 0 Å². The third-order valence-electron chi connectivity index (χ3n) is 3.22. The maximum Gasteiger partial charge on any atom is 0.310 e. The highest BCUT2D eigenvalue weighted by Gasteiger charge is 2.27. The van der Waals surface area contributed by atoms with Gasteiger partial charge in [-0.05, 0) is 25.5 Å². The van der Waals surface area contributed by atoms with Gasteiger partial charge in [-0.25, -0.2) is 0 Å². The Labute approximate surface area is 106 Å². The van der Waals surface area contributed by atoms with Crippen LogP contribution >= 0.6 is 0 Å². The zero-order chi connectivity index (χ0) is 13.0. The van der Waals surface area contributed by atoms with Gasteiger partial charge in [0.1, 0.15) is 11.9 Å². The Morgan fingerprint density at radius 3 is 3.11 bits per heavy atom. The Morgan fingerprint density at radius 1 is 1.67 bits per heavy atom. The van der Waals surface area contributed by atoms with E-state index >= 15 is 0 Å². The van der Waals surface area contributed by atoms with Crippen molar-refractivity contribution in [3.05, 3.63) is 28.6 Å². The molecule has 6 heteroatoms. The van der Waals surface area contributed by atoms with Crippen molar-refractivity contribution in [2.45, 2.75) is 25.8 Å². The first-order valence-corrected chi connectivity index (χ1v) is 6.29. The second kappa shape index (κ2) is 5.77. The first kappa shape index (κ1) is 12.8. The van der Waals surface area contributed by atoms with Gasteiger partial charge < -0.3 is 10.2 Å². The molecule has 0 spiro atoms. The van der Waals surface area contributed by atoms with Crippen LogP contribution in [-0.2, 0) is 0 Å². The molecule has 18 heavy (non-hydrogen) atoms. The number of nitro groups is 1. The maximum absolute atomic E-state index is 11.1. The van der Waals surface area contributed by atoms with Gasteiger partial charge in [-0.1, -0.05) is 6.92 Å². The van der Waals surface area contributed by atoms with Crippen LogP contribution in [0.15, 0.2) is 18.5 Å². The minimum atomic E-state index is -0.354. The highest BCUT2D eigenvalue weighted by Crippen LogP contribution is 2.29. The number of nitrogens with zero attached hydrogens (tertiary/aromatic N) is 3. The van der Waals surface area contributed by atoms with Crippen LogP contribution in [0.5, 0.6) is 0 Å². The molecule has 98 valence electrons. The number of rotatable bonds is 5. The van der Waals surface area contributed by atoms with Crippen LogP contribution in [0.2, 0.25) is 0 Å². The highest BCUT2D eigenvalue weighted by atomic mass is 16.6. The van der Waals surface area contributed by atoms with E-state index in [0.717, 1.165) is 32.5 Å². The van der Waals surface area contributed by atoms with E-state index in [1.54, 1.807) is 12.3 Å². The minimum Gasteiger partial charge on any atom is -0.362 e. The molecule has 1 atom stereocenters. The third-order valence-corrected chi connectivity index (χ3v) is 3.22. The van der Waals surface area contributed by atoms with Crippen LogP contribution < -0.4 is 10.2 Å². The smallest absolute Gasteiger partial charge is 0.310 e. The van der Waals surface area contributed by atoms with Crippen LogP contribution in [-0.4, -0.2) is 35.6 Å². The second-order valence-corrected chi connectivity index (χ2v) is 4.46. The van der Waals surface area contributed by atoms with Gasteiger partial charge in [0.25, 0.3) is 0 Å². The Kier molecular flexibility index (Phi) is 4.09. The van der Waals surface area contributed by atoms with E-state index in [-0.39, 0.29) is 10.6 Å². The lowest BCUT2D eigenvalue weighted by atomic mass is 10.1. The van der Waals surface area contributed by atoms with Crippen molar-refractivity contribution in [2.75, 3.05) is 24.5 Å². The standard InChI is InChI=1S/C12H18N4O2/c1-2-7-15(10-3-5-13-8-10)11-4-6-14-9-12(11)16(17)18/h4,6,9-10,13H,2-3,5,7-8H2,1H3. The zero-order valence-corrected chi connectivity index (χ0v) is 10.5. The normalized spacial score (nSPS) is 18.8. The number of aromatic nitrogens is 1. The van der Waals surface area contributed by atoms with Crippen molar-refractivity contribution in [3.8, 4) is 0 Å². The molecule has 1 fully saturated rings. The SMILES string of the molecule is CCCN(c1ccncc1[N+](=O)[O-])C1CCNC1. The highest BCUT2D eigenvalue weighted by molar-refractivity contribution is 5.62. The van der Waals surface area contributed by atoms with E-state index in [0.29, 0.717) is 11.7 Å². The summed E-state index contributed by atoms with van der Waals surface area (Å²) < 4.78 is 0. The Hall–Kier alpha value is -1.69. The molecule has 6 nitrogen and oxygen atoms in total. The first-order valence-electron chi connectivity index (χ1n) is 6.29. The molecular weight excluding hydrogens is 232 g/mol. The van der Waals surface area contributed by atoms with E-state index in [2.05, 4.69) is 22.1 Å². The molecule has 0 amide bonds. The lowest BCUT2D eigenvalue weighted by Gasteiger charge is -2.29. The van der Waals surface area contributed by atoms with E-state index < -0.39 is 0 Å². The van der Waals surface area contributed by atoms with Crippen molar-refractivity contribution in [3.63, 3.8) is 0 Å². The number of hydrogen-bond donors (Lipinski definition) is 1. The van der Waals surface area contributed by atoms with Gasteiger partial charge in [0.2, 0.25) is 0 Å². The van der Waals surface area contributed by atoms with Gasteiger partial charge in [-0.3, -0.25) is 15.1 Å². The average Bonchev–Trinajstić information content (AvgIpc) is 2.89. The summed E-state index contributed by atoms with van der Waals surface area (Å²) >= 11 is 0. The lowest BCUT2D eigenvalue weighted by molar-refractivity contribution is -0.384. The molecule has 0 radical (unpaired) electrons. The van der Waals surface area contributed by atoms with Crippen LogP contribution in [0.3, 0.4) is 0 Å². The van der Waals surface area contributed by atoms with Crippen molar-refractivity contribution < 1.29 is 4.92 Å². The molecule has 1 aromatic heterocycles. The van der Waals surface area contributed by atoms with Gasteiger partial charge in [0, 0.05) is 25.3 Å². The molecule has 1 unspecified atom stereocenters. The summed E-state index contributed by atoms with van der Waals surface area (Å²) in [4.78, 5) is 16.7. The Balaban J connectivity index is 2.32. The molecule has 1 aromatic rings. The average molecular weight is 250 g/mol. The zero-order valence-electron chi connectivity index (χ0n) is 10.5. The predicted molar refractivity (Wildman–Crippen MR) is 69.8 cm³/mol. The van der Waals surface area contributed by atoms with Gasteiger partial charge in [0.15, 0.2) is 0 Å². The fourth-order valence-corrected chi connectivity index (χ4v) is 2.41. The number of anilines is 1. The second-order valence-electron chi connectivity index (χ2n) is 4.46. The minimum absolute atomic E-state index is 0.0952. The van der Waals surface area contributed by atoms with E-state index in [1.165, 1.54) is 6.20 Å². The summed E-state index contributed by atoms with van der Waals surface area (Å²) in [6.07, 6.45) is 4.95. The lowest BCUT2D eigenvalue weighted by Crippen LogP contribution is -2.37. The number of hydrogen-bond acceptors (Lipinski definition) is 5. The van der Waals surface area contributed by atoms with Gasteiger partial charge in [-0.2, -0.15) is 0 Å². The molecule has 1 aliphatic rings. The molecule has 0 bridgehead atoms. The molecule has 2 heterocycles. The quantitative estimate of drug-likeness (QED) is 0.634. The third kappa shape index (κ3) is 2.59. The summed E-state index contributed by atoms with van der Waals surface area (Å²) in [6, 6.07) is 2.08. The fourth-order valence-electron chi connectivity index (χ4n) is 2.41. The van der Waals surface area contributed by atoms with E-state index in [9.17, 15) is 10.1 Å². The van der Waals surface area contributed by atoms with E-state index in [4.69, 9.17) is 0 Å². The van der Waals surface area contributed by atoms with Crippen molar-refractivity contribution in [1.29, 1.82) is 0 Å². The van der Waals surface area contributed by atoms with Gasteiger partial charge >= 0.3 is 5.69 Å². The van der Waals surface area contributed by atoms with Gasteiger partial charge in [-0.15, -0.1) is 0 Å². The topological polar surface area (TPSA) is 71.3 Å². The summed E-state index contributed by atoms with van der Waals surface area (Å²) in [7, 11) is 0. The molecule has 0 saturated carbocycles. The largest absolute Gasteiger partial charge is 0.362 e. The first-order chi connectivity index (χ1) is 8.74. The van der Waals surface area contributed by atoms with Crippen LogP contribution in [0, 0.1) is 10.1 Å². The van der Waals surface area contributed by atoms with Crippen molar-refractivity contribution >= 4 is 11.4 Å². The maximum atomic E-state index is 11.1. The summed E-state index contributed by atoms with van der Waals surface area (Å²) in [5.74, 6) is 0. The Bertz CT molecular complexity index is 418. The molecule has 0 aromatic carbocycles. The molecule has 1 N–H and O–H groups in total. The summed E-state index contributed by atoms with van der Waals surface area (Å²) in [5, 5.41) is 14.4. The van der Waals surface area contributed by atoms with Gasteiger partial charge in [0.05, 0.1) is 4.92 Å². The van der Waals surface area contributed by atoms with E-state index in [1.807, 2.05) is 0 Å². The van der Waals surface area contributed by atoms with Crippen molar-refractivity contribution in [1.82, 2.24) is 10.3 Å². The van der Waals surface area contributed by atoms with Crippen LogP contribution in [0.4, 0.5) is 11.4 Å². The monoisotopic (exact) mass is 250 g/mol. The molecular formula is C12H18N4O2. The van der Waals surface area contributed by atoms with Crippen molar-refractivity contribution in [2.24, 2.45) is 0 Å². The summed E-state index contributed by atoms with van der Waals surface area (Å²) in [5.41, 5.74) is 0.781. The fraction of sp³-hybridized carbons (Fsp3) is 0.583. The number of nitrogens with one attached hydrogen (secondary N) is 1. The molecule has 1 aliphatic heterocycles. The molecule has 1 saturated heterocycles.